The fourth-order valence-corrected chi connectivity index (χ4v) is 2.70. The number of aliphatic carboxylic acids is 1. The van der Waals surface area contributed by atoms with Crippen molar-refractivity contribution in [2.75, 3.05) is 26.2 Å². The van der Waals surface area contributed by atoms with Crippen LogP contribution in [0.2, 0.25) is 0 Å². The Morgan fingerprint density at radius 2 is 2.09 bits per heavy atom. The number of piperidine rings is 1. The second kappa shape index (κ2) is 7.80. The number of likely N-dealkylation sites (tertiary alicyclic amines) is 1. The number of rotatable bonds is 5. The summed E-state index contributed by atoms with van der Waals surface area (Å²) in [6.07, 6.45) is 4.55. The first kappa shape index (κ1) is 16.3. The molecule has 120 valence electrons. The van der Waals surface area contributed by atoms with E-state index < -0.39 is 11.9 Å². The number of hydrogen-bond donors (Lipinski definition) is 2. The van der Waals surface area contributed by atoms with Gasteiger partial charge >= 0.3 is 5.97 Å². The molecule has 0 spiro atoms. The summed E-state index contributed by atoms with van der Waals surface area (Å²) >= 11 is 0. The maximum atomic E-state index is 12.0. The molecule has 0 bridgehead atoms. The van der Waals surface area contributed by atoms with E-state index in [1.807, 2.05) is 11.0 Å². The van der Waals surface area contributed by atoms with Crippen molar-refractivity contribution in [1.29, 1.82) is 5.26 Å². The minimum Gasteiger partial charge on any atom is -0.481 e. The quantitative estimate of drug-likeness (QED) is 0.566. The van der Waals surface area contributed by atoms with E-state index in [1.54, 1.807) is 0 Å². The van der Waals surface area contributed by atoms with Gasteiger partial charge in [0, 0.05) is 32.4 Å². The zero-order valence-corrected chi connectivity index (χ0v) is 12.5. The number of carboxylic acids is 1. The molecule has 2 heterocycles. The lowest BCUT2D eigenvalue weighted by molar-refractivity contribution is -0.143. The Bertz CT molecular complexity index is 484. The third-order valence-corrected chi connectivity index (χ3v) is 4.07. The Morgan fingerprint density at radius 1 is 1.36 bits per heavy atom. The number of nitriles is 1. The molecule has 1 unspecified atom stereocenters. The van der Waals surface area contributed by atoms with Crippen LogP contribution in [0.25, 0.3) is 0 Å². The molecule has 2 rings (SSSR count). The maximum Gasteiger partial charge on any atom is 0.306 e. The van der Waals surface area contributed by atoms with Gasteiger partial charge in [-0.15, -0.1) is 0 Å². The molecule has 2 aliphatic heterocycles. The molecular formula is C15H21N3O4. The van der Waals surface area contributed by atoms with Crippen LogP contribution in [-0.4, -0.2) is 54.2 Å². The van der Waals surface area contributed by atoms with Gasteiger partial charge in [-0.25, -0.2) is 0 Å². The topological polar surface area (TPSA) is 103 Å². The Labute approximate surface area is 129 Å². The second-order valence-corrected chi connectivity index (χ2v) is 5.65. The van der Waals surface area contributed by atoms with E-state index in [2.05, 4.69) is 5.32 Å². The average molecular weight is 307 g/mol. The fraction of sp³-hybridized carbons (Fsp3) is 0.667. The van der Waals surface area contributed by atoms with E-state index in [0.717, 1.165) is 19.4 Å². The standard InChI is InChI=1S/C15H21N3O4/c16-8-12(14(19)17-9-13-2-1-7-22-13)10-18-5-3-11(4-6-18)15(20)21/h10-11,13H,1-7,9H2,(H,17,19)(H,20,21)/b12-10-. The molecule has 2 saturated heterocycles. The number of carboxylic acid groups (broad SMARTS) is 1. The van der Waals surface area contributed by atoms with Crippen molar-refractivity contribution in [2.45, 2.75) is 31.8 Å². The van der Waals surface area contributed by atoms with Gasteiger partial charge in [-0.1, -0.05) is 0 Å². The van der Waals surface area contributed by atoms with Crippen LogP contribution in [0.15, 0.2) is 11.8 Å². The summed E-state index contributed by atoms with van der Waals surface area (Å²) < 4.78 is 5.42. The lowest BCUT2D eigenvalue weighted by Gasteiger charge is -2.29. The molecule has 7 nitrogen and oxygen atoms in total. The summed E-state index contributed by atoms with van der Waals surface area (Å²) in [7, 11) is 0. The molecule has 0 aromatic heterocycles. The number of amides is 1. The molecule has 1 atom stereocenters. The third-order valence-electron chi connectivity index (χ3n) is 4.07. The Balaban J connectivity index is 1.83. The van der Waals surface area contributed by atoms with Gasteiger partial charge in [-0.3, -0.25) is 9.59 Å². The van der Waals surface area contributed by atoms with Crippen LogP contribution in [0.1, 0.15) is 25.7 Å². The van der Waals surface area contributed by atoms with E-state index in [1.165, 1.54) is 6.20 Å². The van der Waals surface area contributed by atoms with Crippen LogP contribution in [0, 0.1) is 17.2 Å². The first-order chi connectivity index (χ1) is 10.6. The molecule has 0 aliphatic carbocycles. The minimum atomic E-state index is -0.779. The SMILES string of the molecule is N#C/C(=C/N1CCC(C(=O)O)CC1)C(=O)NCC1CCCO1. The van der Waals surface area contributed by atoms with Crippen molar-refractivity contribution in [3.8, 4) is 6.07 Å². The molecule has 22 heavy (non-hydrogen) atoms. The van der Waals surface area contributed by atoms with Crippen molar-refractivity contribution in [3.05, 3.63) is 11.8 Å². The lowest BCUT2D eigenvalue weighted by Crippen LogP contribution is -2.35. The zero-order chi connectivity index (χ0) is 15.9. The second-order valence-electron chi connectivity index (χ2n) is 5.65. The van der Waals surface area contributed by atoms with Crippen molar-refractivity contribution >= 4 is 11.9 Å². The van der Waals surface area contributed by atoms with Crippen molar-refractivity contribution in [1.82, 2.24) is 10.2 Å². The van der Waals surface area contributed by atoms with E-state index >= 15 is 0 Å². The molecular weight excluding hydrogens is 286 g/mol. The minimum absolute atomic E-state index is 0.0372. The molecule has 0 aromatic rings. The van der Waals surface area contributed by atoms with Gasteiger partial charge in [-0.05, 0) is 25.7 Å². The van der Waals surface area contributed by atoms with Gasteiger partial charge in [-0.2, -0.15) is 5.26 Å². The molecule has 2 aliphatic rings. The molecule has 1 amide bonds. The highest BCUT2D eigenvalue weighted by Crippen LogP contribution is 2.18. The maximum absolute atomic E-state index is 12.0. The van der Waals surface area contributed by atoms with Crippen LogP contribution < -0.4 is 5.32 Å². The summed E-state index contributed by atoms with van der Waals surface area (Å²) in [6.45, 7) is 2.22. The molecule has 7 heteroatoms. The third kappa shape index (κ3) is 4.46. The highest BCUT2D eigenvalue weighted by Gasteiger charge is 2.24. The van der Waals surface area contributed by atoms with E-state index in [0.29, 0.717) is 32.5 Å². The van der Waals surface area contributed by atoms with Crippen LogP contribution in [0.3, 0.4) is 0 Å². The summed E-state index contributed by atoms with van der Waals surface area (Å²) in [5.41, 5.74) is 0.0479. The Hall–Kier alpha value is -2.07. The Morgan fingerprint density at radius 3 is 2.64 bits per heavy atom. The number of nitrogens with one attached hydrogen (secondary N) is 1. The summed E-state index contributed by atoms with van der Waals surface area (Å²) in [6, 6.07) is 1.91. The number of carbonyl (C=O) groups is 2. The molecule has 2 fully saturated rings. The van der Waals surface area contributed by atoms with Gasteiger partial charge in [0.25, 0.3) is 5.91 Å². The fourth-order valence-electron chi connectivity index (χ4n) is 2.70. The van der Waals surface area contributed by atoms with Gasteiger partial charge in [0.15, 0.2) is 0 Å². The number of nitrogens with zero attached hydrogens (tertiary/aromatic N) is 2. The first-order valence-electron chi connectivity index (χ1n) is 7.58. The number of hydrogen-bond acceptors (Lipinski definition) is 5. The van der Waals surface area contributed by atoms with Gasteiger partial charge in [0.2, 0.25) is 0 Å². The smallest absolute Gasteiger partial charge is 0.306 e. The zero-order valence-electron chi connectivity index (χ0n) is 12.5. The predicted molar refractivity (Wildman–Crippen MR) is 77.6 cm³/mol. The number of carbonyl (C=O) groups excluding carboxylic acids is 1. The molecule has 0 radical (unpaired) electrons. The monoisotopic (exact) mass is 307 g/mol. The Kier molecular flexibility index (Phi) is 5.78. The van der Waals surface area contributed by atoms with E-state index in [-0.39, 0.29) is 17.6 Å². The van der Waals surface area contributed by atoms with Crippen LogP contribution in [-0.2, 0) is 14.3 Å². The molecule has 0 aromatic carbocycles. The van der Waals surface area contributed by atoms with Crippen LogP contribution >= 0.6 is 0 Å². The summed E-state index contributed by atoms with van der Waals surface area (Å²) in [5, 5.41) is 20.8. The van der Waals surface area contributed by atoms with Crippen LogP contribution in [0.4, 0.5) is 0 Å². The van der Waals surface area contributed by atoms with Crippen molar-refractivity contribution in [3.63, 3.8) is 0 Å². The summed E-state index contributed by atoms with van der Waals surface area (Å²) in [4.78, 5) is 24.7. The number of ether oxygens (including phenoxy) is 1. The highest BCUT2D eigenvalue weighted by atomic mass is 16.5. The molecule has 2 N–H and O–H groups in total. The average Bonchev–Trinajstić information content (AvgIpc) is 3.04. The van der Waals surface area contributed by atoms with Gasteiger partial charge in [0.05, 0.1) is 12.0 Å². The highest BCUT2D eigenvalue weighted by molar-refractivity contribution is 5.97. The molecule has 0 saturated carbocycles. The lowest BCUT2D eigenvalue weighted by atomic mass is 9.97. The summed E-state index contributed by atoms with van der Waals surface area (Å²) in [5.74, 6) is -1.51. The van der Waals surface area contributed by atoms with Crippen molar-refractivity contribution < 1.29 is 19.4 Å². The van der Waals surface area contributed by atoms with Gasteiger partial charge in [0.1, 0.15) is 11.6 Å². The van der Waals surface area contributed by atoms with E-state index in [4.69, 9.17) is 15.1 Å². The largest absolute Gasteiger partial charge is 0.481 e. The normalized spacial score (nSPS) is 23.1. The van der Waals surface area contributed by atoms with Crippen molar-refractivity contribution in [2.24, 2.45) is 5.92 Å². The van der Waals surface area contributed by atoms with Crippen LogP contribution in [0.5, 0.6) is 0 Å². The first-order valence-corrected chi connectivity index (χ1v) is 7.58. The predicted octanol–water partition coefficient (Wildman–Crippen LogP) is 0.486. The van der Waals surface area contributed by atoms with Gasteiger partial charge < -0.3 is 20.1 Å². The van der Waals surface area contributed by atoms with E-state index in [9.17, 15) is 9.59 Å².